The van der Waals surface area contributed by atoms with E-state index in [1.54, 1.807) is 13.2 Å². The molecule has 1 aliphatic rings. The van der Waals surface area contributed by atoms with E-state index in [2.05, 4.69) is 27.3 Å². The van der Waals surface area contributed by atoms with Crippen LogP contribution in [0.1, 0.15) is 18.4 Å². The van der Waals surface area contributed by atoms with Crippen molar-refractivity contribution in [2.75, 3.05) is 36.1 Å². The van der Waals surface area contributed by atoms with Crippen LogP contribution in [0, 0.1) is 11.3 Å². The van der Waals surface area contributed by atoms with Crippen LogP contribution in [0.15, 0.2) is 48.8 Å². The molecule has 7 nitrogen and oxygen atoms in total. The molecule has 1 aliphatic heterocycles. The fraction of sp³-hybridized carbons (Fsp3) is 0.261. The molecule has 1 fully saturated rings. The molecule has 30 heavy (non-hydrogen) atoms. The highest BCUT2D eigenvalue weighted by Crippen LogP contribution is 2.35. The second-order valence-corrected chi connectivity index (χ2v) is 7.52. The smallest absolute Gasteiger partial charge is 0.148 e. The van der Waals surface area contributed by atoms with E-state index in [1.807, 2.05) is 36.5 Å². The van der Waals surface area contributed by atoms with E-state index in [9.17, 15) is 0 Å². The molecule has 2 aromatic heterocycles. The number of nitrogen functional groups attached to an aromatic ring is 1. The van der Waals surface area contributed by atoms with Gasteiger partial charge in [-0.25, -0.2) is 4.98 Å². The Morgan fingerprint density at radius 3 is 2.43 bits per heavy atom. The summed E-state index contributed by atoms with van der Waals surface area (Å²) in [7, 11) is 1.79. The van der Waals surface area contributed by atoms with Crippen LogP contribution in [-0.4, -0.2) is 36.1 Å². The standard InChI is InChI=1S/C23H25N7/c1-27-23-21(26)10-17(13-29-23)22-20(16-4-2-15(12-24)3-5-16)11-19(14-28-22)30-8-6-18(25)7-9-30/h2-5,10-11,13-14,18H,6-9,25-26H2,1H3,(H,27,29). The summed E-state index contributed by atoms with van der Waals surface area (Å²) in [6.45, 7) is 1.83. The first-order chi connectivity index (χ1) is 14.6. The molecular formula is C23H25N7. The minimum absolute atomic E-state index is 0.270. The van der Waals surface area contributed by atoms with E-state index in [1.165, 1.54) is 0 Å². The van der Waals surface area contributed by atoms with Crippen molar-refractivity contribution in [2.45, 2.75) is 18.9 Å². The fourth-order valence-corrected chi connectivity index (χ4v) is 3.78. The van der Waals surface area contributed by atoms with Crippen LogP contribution in [0.2, 0.25) is 0 Å². The van der Waals surface area contributed by atoms with Crippen molar-refractivity contribution in [3.63, 3.8) is 0 Å². The Balaban J connectivity index is 1.80. The number of hydrogen-bond donors (Lipinski definition) is 3. The third-order valence-corrected chi connectivity index (χ3v) is 5.53. The summed E-state index contributed by atoms with van der Waals surface area (Å²) in [6.07, 6.45) is 5.62. The summed E-state index contributed by atoms with van der Waals surface area (Å²) < 4.78 is 0. The van der Waals surface area contributed by atoms with Crippen molar-refractivity contribution in [2.24, 2.45) is 5.73 Å². The first-order valence-corrected chi connectivity index (χ1v) is 10.0. The Kier molecular flexibility index (Phi) is 5.50. The quantitative estimate of drug-likeness (QED) is 0.616. The van der Waals surface area contributed by atoms with Gasteiger partial charge >= 0.3 is 0 Å². The molecule has 152 valence electrons. The molecule has 0 spiro atoms. The van der Waals surface area contributed by atoms with Gasteiger partial charge in [0.05, 0.1) is 34.9 Å². The SMILES string of the molecule is CNc1ncc(-c2ncc(N3CCC(N)CC3)cc2-c2ccc(C#N)cc2)cc1N. The molecule has 0 radical (unpaired) electrons. The summed E-state index contributed by atoms with van der Waals surface area (Å²) in [6, 6.07) is 14.0. The van der Waals surface area contributed by atoms with Crippen molar-refractivity contribution in [1.29, 1.82) is 5.26 Å². The van der Waals surface area contributed by atoms with Crippen LogP contribution in [0.4, 0.5) is 17.2 Å². The molecule has 5 N–H and O–H groups in total. The third kappa shape index (κ3) is 3.91. The van der Waals surface area contributed by atoms with Gasteiger partial charge in [-0.15, -0.1) is 0 Å². The Morgan fingerprint density at radius 1 is 1.07 bits per heavy atom. The highest BCUT2D eigenvalue weighted by molar-refractivity contribution is 5.84. The van der Waals surface area contributed by atoms with Crippen molar-refractivity contribution in [1.82, 2.24) is 9.97 Å². The zero-order valence-electron chi connectivity index (χ0n) is 17.0. The molecule has 0 atom stereocenters. The summed E-state index contributed by atoms with van der Waals surface area (Å²) in [5.41, 5.74) is 18.1. The molecule has 4 rings (SSSR count). The van der Waals surface area contributed by atoms with E-state index >= 15 is 0 Å². The van der Waals surface area contributed by atoms with Gasteiger partial charge < -0.3 is 21.7 Å². The van der Waals surface area contributed by atoms with Crippen molar-refractivity contribution in [3.05, 3.63) is 54.4 Å². The first-order valence-electron chi connectivity index (χ1n) is 10.0. The Morgan fingerprint density at radius 2 is 1.80 bits per heavy atom. The molecule has 0 bridgehead atoms. The summed E-state index contributed by atoms with van der Waals surface area (Å²) in [5, 5.41) is 12.1. The molecule has 1 aromatic carbocycles. The molecule has 0 aliphatic carbocycles. The number of pyridine rings is 2. The number of piperidine rings is 1. The largest absolute Gasteiger partial charge is 0.396 e. The van der Waals surface area contributed by atoms with Crippen molar-refractivity contribution < 1.29 is 0 Å². The third-order valence-electron chi connectivity index (χ3n) is 5.53. The van der Waals surface area contributed by atoms with Gasteiger partial charge in [-0.2, -0.15) is 5.26 Å². The second kappa shape index (κ2) is 8.39. The number of nitrogens with two attached hydrogens (primary N) is 2. The van der Waals surface area contributed by atoms with Crippen LogP contribution in [-0.2, 0) is 0 Å². The van der Waals surface area contributed by atoms with Gasteiger partial charge in [-0.3, -0.25) is 4.98 Å². The Hall–Kier alpha value is -3.63. The maximum Gasteiger partial charge on any atom is 0.148 e. The monoisotopic (exact) mass is 399 g/mol. The zero-order valence-corrected chi connectivity index (χ0v) is 17.0. The molecule has 7 heteroatoms. The average Bonchev–Trinajstić information content (AvgIpc) is 2.79. The lowest BCUT2D eigenvalue weighted by Crippen LogP contribution is -2.39. The van der Waals surface area contributed by atoms with Gasteiger partial charge in [-0.05, 0) is 42.7 Å². The minimum Gasteiger partial charge on any atom is -0.396 e. The highest BCUT2D eigenvalue weighted by atomic mass is 15.1. The second-order valence-electron chi connectivity index (χ2n) is 7.52. The zero-order chi connectivity index (χ0) is 21.1. The number of benzene rings is 1. The molecule has 0 saturated carbocycles. The van der Waals surface area contributed by atoms with Crippen LogP contribution < -0.4 is 21.7 Å². The van der Waals surface area contributed by atoms with E-state index in [0.717, 1.165) is 54.0 Å². The van der Waals surface area contributed by atoms with Crippen LogP contribution in [0.25, 0.3) is 22.4 Å². The van der Waals surface area contributed by atoms with Gasteiger partial charge in [-0.1, -0.05) is 12.1 Å². The summed E-state index contributed by atoms with van der Waals surface area (Å²) in [5.74, 6) is 0.639. The molecule has 3 heterocycles. The lowest BCUT2D eigenvalue weighted by atomic mass is 9.98. The number of hydrogen-bond acceptors (Lipinski definition) is 7. The van der Waals surface area contributed by atoms with E-state index < -0.39 is 0 Å². The van der Waals surface area contributed by atoms with E-state index in [0.29, 0.717) is 17.1 Å². The summed E-state index contributed by atoms with van der Waals surface area (Å²) >= 11 is 0. The van der Waals surface area contributed by atoms with Crippen molar-refractivity contribution in [3.8, 4) is 28.5 Å². The maximum absolute atomic E-state index is 9.14. The minimum atomic E-state index is 0.270. The first kappa shape index (κ1) is 19.7. The number of nitriles is 1. The number of nitrogens with zero attached hydrogens (tertiary/aromatic N) is 4. The molecule has 3 aromatic rings. The van der Waals surface area contributed by atoms with Crippen LogP contribution in [0.3, 0.4) is 0 Å². The predicted molar refractivity (Wildman–Crippen MR) is 121 cm³/mol. The van der Waals surface area contributed by atoms with Gasteiger partial charge in [0, 0.05) is 43.5 Å². The topological polar surface area (TPSA) is 117 Å². The average molecular weight is 400 g/mol. The highest BCUT2D eigenvalue weighted by Gasteiger charge is 2.19. The normalized spacial score (nSPS) is 14.4. The van der Waals surface area contributed by atoms with Crippen LogP contribution >= 0.6 is 0 Å². The number of nitrogens with one attached hydrogen (secondary N) is 1. The Labute approximate surface area is 176 Å². The number of anilines is 3. The predicted octanol–water partition coefficient (Wildman–Crippen LogP) is 3.23. The van der Waals surface area contributed by atoms with E-state index in [-0.39, 0.29) is 6.04 Å². The van der Waals surface area contributed by atoms with Gasteiger partial charge in [0.1, 0.15) is 5.82 Å². The molecule has 1 saturated heterocycles. The lowest BCUT2D eigenvalue weighted by Gasteiger charge is -2.32. The fourth-order valence-electron chi connectivity index (χ4n) is 3.78. The Bertz CT molecular complexity index is 1080. The molecular weight excluding hydrogens is 374 g/mol. The van der Waals surface area contributed by atoms with Gasteiger partial charge in [0.25, 0.3) is 0 Å². The maximum atomic E-state index is 9.14. The van der Waals surface area contributed by atoms with Gasteiger partial charge in [0.15, 0.2) is 0 Å². The number of rotatable bonds is 4. The number of aromatic nitrogens is 2. The van der Waals surface area contributed by atoms with E-state index in [4.69, 9.17) is 21.7 Å². The summed E-state index contributed by atoms with van der Waals surface area (Å²) in [4.78, 5) is 11.5. The van der Waals surface area contributed by atoms with Crippen LogP contribution in [0.5, 0.6) is 0 Å². The molecule has 0 amide bonds. The molecule has 0 unspecified atom stereocenters. The van der Waals surface area contributed by atoms with Crippen molar-refractivity contribution >= 4 is 17.2 Å². The lowest BCUT2D eigenvalue weighted by molar-refractivity contribution is 0.501. The van der Waals surface area contributed by atoms with Gasteiger partial charge in [0.2, 0.25) is 0 Å².